The summed E-state index contributed by atoms with van der Waals surface area (Å²) in [7, 11) is 0. The van der Waals surface area contributed by atoms with Crippen molar-refractivity contribution in [1.29, 1.82) is 0 Å². The van der Waals surface area contributed by atoms with E-state index >= 15 is 0 Å². The molecule has 4 heterocycles. The lowest BCUT2D eigenvalue weighted by molar-refractivity contribution is 0.127. The lowest BCUT2D eigenvalue weighted by atomic mass is 9.79. The minimum atomic E-state index is 0.569. The minimum Gasteiger partial charge on any atom is -0.328 e. The molecule has 2 saturated heterocycles. The average molecular weight is 461 g/mol. The molecule has 3 aliphatic rings. The fourth-order valence-electron chi connectivity index (χ4n) is 4.39. The van der Waals surface area contributed by atoms with Crippen LogP contribution in [0.5, 0.6) is 0 Å². The fourth-order valence-corrected chi connectivity index (χ4v) is 7.08. The third kappa shape index (κ3) is 2.51. The Balaban J connectivity index is 1.29. The van der Waals surface area contributed by atoms with E-state index in [9.17, 15) is 0 Å². The van der Waals surface area contributed by atoms with Crippen LogP contribution in [0.15, 0.2) is 12.5 Å². The first kappa shape index (κ1) is 15.2. The van der Waals surface area contributed by atoms with Gasteiger partial charge in [-0.2, -0.15) is 11.8 Å². The lowest BCUT2D eigenvalue weighted by Crippen LogP contribution is -2.41. The predicted octanol–water partition coefficient (Wildman–Crippen LogP) is 3.83. The number of nitrogens with zero attached hydrogens (tertiary/aromatic N) is 4. The number of fused-ring (bicyclic) bond motifs is 3. The third-order valence-corrected chi connectivity index (χ3v) is 8.12. The van der Waals surface area contributed by atoms with E-state index in [1.807, 2.05) is 0 Å². The standard InChI is InChI=1S/C16H18ClIN4S/c17-15-14-13(18)6-22(16(14)20-8-19-15)10-1-9(2-10)4-21-5-12-3-11(21)7-23-12/h6,8-12H,1-5,7H2. The smallest absolute Gasteiger partial charge is 0.146 e. The van der Waals surface area contributed by atoms with Gasteiger partial charge < -0.3 is 4.57 Å². The van der Waals surface area contributed by atoms with E-state index in [1.165, 1.54) is 38.1 Å². The molecule has 0 aromatic carbocycles. The molecule has 7 heteroatoms. The number of halogens is 2. The molecule has 0 spiro atoms. The molecule has 1 aliphatic carbocycles. The van der Waals surface area contributed by atoms with Gasteiger partial charge in [-0.25, -0.2) is 9.97 Å². The van der Waals surface area contributed by atoms with Gasteiger partial charge >= 0.3 is 0 Å². The van der Waals surface area contributed by atoms with Gasteiger partial charge in [-0.3, -0.25) is 4.90 Å². The van der Waals surface area contributed by atoms with Crippen molar-refractivity contribution in [2.24, 2.45) is 5.92 Å². The van der Waals surface area contributed by atoms with Crippen LogP contribution in [-0.4, -0.2) is 49.6 Å². The molecule has 23 heavy (non-hydrogen) atoms. The van der Waals surface area contributed by atoms with Crippen molar-refractivity contribution in [2.45, 2.75) is 36.6 Å². The van der Waals surface area contributed by atoms with E-state index in [0.29, 0.717) is 11.2 Å². The number of hydrogen-bond acceptors (Lipinski definition) is 4. The van der Waals surface area contributed by atoms with Gasteiger partial charge in [0, 0.05) is 45.9 Å². The van der Waals surface area contributed by atoms with Crippen molar-refractivity contribution in [3.05, 3.63) is 21.2 Å². The van der Waals surface area contributed by atoms with Crippen molar-refractivity contribution < 1.29 is 0 Å². The Morgan fingerprint density at radius 1 is 1.26 bits per heavy atom. The topological polar surface area (TPSA) is 34.0 Å². The highest BCUT2D eigenvalue weighted by molar-refractivity contribution is 14.1. The van der Waals surface area contributed by atoms with Gasteiger partial charge in [0.05, 0.1) is 5.39 Å². The maximum absolute atomic E-state index is 6.24. The molecule has 2 bridgehead atoms. The van der Waals surface area contributed by atoms with E-state index in [1.54, 1.807) is 6.33 Å². The molecule has 5 rings (SSSR count). The SMILES string of the molecule is Clc1ncnc2c1c(I)cn2C1CC(CN2CC3CC2CS3)C1. The highest BCUT2D eigenvalue weighted by Crippen LogP contribution is 2.44. The Hall–Kier alpha value is -0.0500. The zero-order chi connectivity index (χ0) is 15.6. The second-order valence-electron chi connectivity index (χ2n) is 7.04. The van der Waals surface area contributed by atoms with Crippen LogP contribution in [0.3, 0.4) is 0 Å². The molecule has 3 fully saturated rings. The average Bonchev–Trinajstić information content (AvgIpc) is 3.17. The van der Waals surface area contributed by atoms with Gasteiger partial charge in [0.25, 0.3) is 0 Å². The first-order chi connectivity index (χ1) is 11.2. The summed E-state index contributed by atoms with van der Waals surface area (Å²) < 4.78 is 3.48. The summed E-state index contributed by atoms with van der Waals surface area (Å²) in [4.78, 5) is 11.3. The monoisotopic (exact) mass is 460 g/mol. The molecule has 2 aromatic heterocycles. The molecule has 1 saturated carbocycles. The summed E-state index contributed by atoms with van der Waals surface area (Å²) in [6.45, 7) is 2.62. The summed E-state index contributed by atoms with van der Waals surface area (Å²) in [5.41, 5.74) is 0.995. The van der Waals surface area contributed by atoms with Crippen LogP contribution in [0.25, 0.3) is 11.0 Å². The molecule has 0 N–H and O–H groups in total. The van der Waals surface area contributed by atoms with Crippen LogP contribution in [0, 0.1) is 9.49 Å². The Labute approximate surface area is 158 Å². The van der Waals surface area contributed by atoms with Crippen molar-refractivity contribution in [3.63, 3.8) is 0 Å². The van der Waals surface area contributed by atoms with Gasteiger partial charge in [0.2, 0.25) is 0 Å². The minimum absolute atomic E-state index is 0.569. The molecule has 2 atom stereocenters. The Bertz CT molecular complexity index is 760. The van der Waals surface area contributed by atoms with Crippen LogP contribution in [0.2, 0.25) is 5.15 Å². The van der Waals surface area contributed by atoms with Gasteiger partial charge in [-0.05, 0) is 47.8 Å². The summed E-state index contributed by atoms with van der Waals surface area (Å²) in [6.07, 6.45) is 7.73. The maximum atomic E-state index is 6.24. The van der Waals surface area contributed by atoms with Crippen LogP contribution >= 0.6 is 46.0 Å². The molecule has 2 aromatic rings. The van der Waals surface area contributed by atoms with E-state index < -0.39 is 0 Å². The first-order valence-corrected chi connectivity index (χ1v) is 10.7. The number of rotatable bonds is 3. The number of likely N-dealkylation sites (tertiary alicyclic amines) is 1. The second kappa shape index (κ2) is 5.75. The zero-order valence-corrected chi connectivity index (χ0v) is 16.4. The van der Waals surface area contributed by atoms with Gasteiger partial charge in [-0.15, -0.1) is 0 Å². The summed E-state index contributed by atoms with van der Waals surface area (Å²) in [5.74, 6) is 2.20. The normalized spacial score (nSPS) is 33.5. The van der Waals surface area contributed by atoms with Crippen molar-refractivity contribution in [1.82, 2.24) is 19.4 Å². The van der Waals surface area contributed by atoms with Crippen LogP contribution in [0.1, 0.15) is 25.3 Å². The fraction of sp³-hybridized carbons (Fsp3) is 0.625. The van der Waals surface area contributed by atoms with Gasteiger partial charge in [-0.1, -0.05) is 11.6 Å². The molecule has 2 unspecified atom stereocenters. The van der Waals surface area contributed by atoms with Crippen molar-refractivity contribution in [2.75, 3.05) is 18.8 Å². The van der Waals surface area contributed by atoms with Crippen molar-refractivity contribution in [3.8, 4) is 0 Å². The molecule has 4 nitrogen and oxygen atoms in total. The van der Waals surface area contributed by atoms with Gasteiger partial charge in [0.15, 0.2) is 0 Å². The molecule has 0 radical (unpaired) electrons. The summed E-state index contributed by atoms with van der Waals surface area (Å²) >= 11 is 10.8. The largest absolute Gasteiger partial charge is 0.328 e. The lowest BCUT2D eigenvalue weighted by Gasteiger charge is -2.40. The zero-order valence-electron chi connectivity index (χ0n) is 12.7. The summed E-state index contributed by atoms with van der Waals surface area (Å²) in [5, 5.41) is 2.50. The molecule has 2 aliphatic heterocycles. The van der Waals surface area contributed by atoms with Crippen LogP contribution in [0.4, 0.5) is 0 Å². The number of thioether (sulfide) groups is 1. The Kier molecular flexibility index (Phi) is 3.80. The maximum Gasteiger partial charge on any atom is 0.146 e. The predicted molar refractivity (Wildman–Crippen MR) is 103 cm³/mol. The number of hydrogen-bond donors (Lipinski definition) is 0. The molecule has 0 amide bonds. The van der Waals surface area contributed by atoms with E-state index in [4.69, 9.17) is 11.6 Å². The highest BCUT2D eigenvalue weighted by atomic mass is 127. The number of aromatic nitrogens is 3. The third-order valence-electron chi connectivity index (χ3n) is 5.63. The molecule has 122 valence electrons. The van der Waals surface area contributed by atoms with Gasteiger partial charge in [0.1, 0.15) is 17.1 Å². The Morgan fingerprint density at radius 3 is 2.87 bits per heavy atom. The van der Waals surface area contributed by atoms with E-state index in [2.05, 4.69) is 60.0 Å². The highest BCUT2D eigenvalue weighted by Gasteiger charge is 2.41. The Morgan fingerprint density at radius 2 is 2.13 bits per heavy atom. The van der Waals surface area contributed by atoms with Crippen LogP contribution < -0.4 is 0 Å². The second-order valence-corrected chi connectivity index (χ2v) is 9.89. The van der Waals surface area contributed by atoms with E-state index in [-0.39, 0.29) is 0 Å². The quantitative estimate of drug-likeness (QED) is 0.515. The van der Waals surface area contributed by atoms with E-state index in [0.717, 1.165) is 31.8 Å². The van der Waals surface area contributed by atoms with Crippen LogP contribution in [-0.2, 0) is 0 Å². The summed E-state index contributed by atoms with van der Waals surface area (Å²) in [6, 6.07) is 1.44. The molecular formula is C16H18ClIN4S. The van der Waals surface area contributed by atoms with Crippen molar-refractivity contribution >= 4 is 57.0 Å². The molecular weight excluding hydrogens is 443 g/mol. The first-order valence-electron chi connectivity index (χ1n) is 8.21.